The Bertz CT molecular complexity index is 1210. The third kappa shape index (κ3) is 4.16. The van der Waals surface area contributed by atoms with Crippen molar-refractivity contribution in [2.45, 2.75) is 38.5 Å². The average molecular weight is 431 g/mol. The third-order valence-electron chi connectivity index (χ3n) is 6.17. The summed E-state index contributed by atoms with van der Waals surface area (Å²) < 4.78 is 13.9. The molecule has 0 radical (unpaired) electrons. The van der Waals surface area contributed by atoms with Crippen molar-refractivity contribution in [3.05, 3.63) is 84.0 Å². The van der Waals surface area contributed by atoms with Crippen LogP contribution in [0.4, 0.5) is 0 Å². The van der Waals surface area contributed by atoms with Crippen LogP contribution < -0.4 is 0 Å². The zero-order valence-electron chi connectivity index (χ0n) is 18.1. The number of fused-ring (bicyclic) bond motifs is 1. The molecule has 1 aliphatic rings. The molecule has 4 aromatic rings. The van der Waals surface area contributed by atoms with Crippen molar-refractivity contribution in [3.8, 4) is 0 Å². The number of aromatic nitrogens is 3. The van der Waals surface area contributed by atoms with Crippen LogP contribution in [-0.4, -0.2) is 44.2 Å². The summed E-state index contributed by atoms with van der Waals surface area (Å²) in [7, 11) is 0. The Hall–Kier alpha value is -3.45. The molecular formula is C25H26N4O3. The summed E-state index contributed by atoms with van der Waals surface area (Å²) in [5.41, 5.74) is 3.51. The molecule has 0 bridgehead atoms. The molecule has 1 aliphatic heterocycles. The van der Waals surface area contributed by atoms with Crippen LogP contribution in [0, 0.1) is 6.92 Å². The molecule has 2 aromatic heterocycles. The third-order valence-corrected chi connectivity index (χ3v) is 6.17. The first-order valence-corrected chi connectivity index (χ1v) is 10.9. The van der Waals surface area contributed by atoms with Crippen molar-refractivity contribution < 1.29 is 14.1 Å². The van der Waals surface area contributed by atoms with Gasteiger partial charge in [0.05, 0.1) is 41.8 Å². The highest BCUT2D eigenvalue weighted by Gasteiger charge is 2.38. The van der Waals surface area contributed by atoms with Crippen LogP contribution in [0.5, 0.6) is 0 Å². The number of ether oxygens (including phenoxy) is 1. The van der Waals surface area contributed by atoms with Gasteiger partial charge in [-0.15, -0.1) is 0 Å². The number of carbonyl (C=O) groups is 1. The Kier molecular flexibility index (Phi) is 5.49. The Balaban J connectivity index is 1.36. The van der Waals surface area contributed by atoms with Crippen molar-refractivity contribution in [3.63, 3.8) is 0 Å². The molecule has 0 spiro atoms. The summed E-state index contributed by atoms with van der Waals surface area (Å²) in [4.78, 5) is 19.2. The van der Waals surface area contributed by atoms with E-state index in [-0.39, 0.29) is 5.91 Å². The predicted octanol–water partition coefficient (Wildman–Crippen LogP) is 4.22. The largest absolute Gasteiger partial charge is 0.368 e. The molecule has 164 valence electrons. The number of likely N-dealkylation sites (tertiary alicyclic amines) is 1. The Morgan fingerprint density at radius 1 is 1.09 bits per heavy atom. The monoisotopic (exact) mass is 430 g/mol. The normalized spacial score (nSPS) is 15.8. The van der Waals surface area contributed by atoms with E-state index >= 15 is 0 Å². The lowest BCUT2D eigenvalue weighted by atomic mass is 9.90. The minimum absolute atomic E-state index is 0.115. The zero-order chi connectivity index (χ0) is 22.0. The minimum atomic E-state index is -0.395. The first-order chi connectivity index (χ1) is 15.6. The number of benzene rings is 2. The number of hydrogen-bond donors (Lipinski definition) is 0. The lowest BCUT2D eigenvalue weighted by Crippen LogP contribution is -2.50. The van der Waals surface area contributed by atoms with Gasteiger partial charge in [-0.1, -0.05) is 47.6 Å². The van der Waals surface area contributed by atoms with Crippen LogP contribution in [-0.2, 0) is 17.9 Å². The van der Waals surface area contributed by atoms with Crippen LogP contribution in [0.25, 0.3) is 11.0 Å². The molecule has 7 heteroatoms. The average Bonchev–Trinajstić information content (AvgIpc) is 3.45. The highest BCUT2D eigenvalue weighted by Crippen LogP contribution is 2.31. The van der Waals surface area contributed by atoms with E-state index in [1.807, 2.05) is 54.5 Å². The zero-order valence-corrected chi connectivity index (χ0v) is 18.1. The van der Waals surface area contributed by atoms with Gasteiger partial charge in [0.2, 0.25) is 5.76 Å². The molecule has 1 saturated heterocycles. The van der Waals surface area contributed by atoms with Crippen LogP contribution >= 0.6 is 0 Å². The molecule has 0 saturated carbocycles. The van der Waals surface area contributed by atoms with Gasteiger partial charge in [-0.3, -0.25) is 4.79 Å². The van der Waals surface area contributed by atoms with E-state index in [9.17, 15) is 4.79 Å². The van der Waals surface area contributed by atoms with E-state index < -0.39 is 5.60 Å². The fourth-order valence-corrected chi connectivity index (χ4v) is 4.34. The molecule has 3 heterocycles. The summed E-state index contributed by atoms with van der Waals surface area (Å²) in [5, 5.41) is 3.85. The lowest BCUT2D eigenvalue weighted by Gasteiger charge is -2.41. The van der Waals surface area contributed by atoms with Gasteiger partial charge >= 0.3 is 0 Å². The molecule has 0 unspecified atom stereocenters. The van der Waals surface area contributed by atoms with Gasteiger partial charge in [-0.2, -0.15) is 0 Å². The van der Waals surface area contributed by atoms with Crippen molar-refractivity contribution in [1.82, 2.24) is 19.6 Å². The SMILES string of the molecule is Cc1cc(C(=O)N2CCC(Cn3cnc4ccccc43)(OCc3ccccc3)CC2)on1. The number of rotatable bonds is 6. The Labute approximate surface area is 186 Å². The molecule has 32 heavy (non-hydrogen) atoms. The highest BCUT2D eigenvalue weighted by molar-refractivity contribution is 5.91. The van der Waals surface area contributed by atoms with Crippen LogP contribution in [0.3, 0.4) is 0 Å². The summed E-state index contributed by atoms with van der Waals surface area (Å²) in [6, 6.07) is 20.0. The second-order valence-corrected chi connectivity index (χ2v) is 8.44. The van der Waals surface area contributed by atoms with E-state index in [0.717, 1.165) is 29.4 Å². The summed E-state index contributed by atoms with van der Waals surface area (Å²) in [5.74, 6) is 0.177. The van der Waals surface area contributed by atoms with Gasteiger partial charge in [0.25, 0.3) is 5.91 Å². The molecule has 7 nitrogen and oxygen atoms in total. The number of hydrogen-bond acceptors (Lipinski definition) is 5. The lowest BCUT2D eigenvalue weighted by molar-refractivity contribution is -0.0988. The minimum Gasteiger partial charge on any atom is -0.368 e. The number of amides is 1. The number of carbonyl (C=O) groups excluding carboxylic acids is 1. The molecule has 0 atom stereocenters. The van der Waals surface area contributed by atoms with E-state index in [2.05, 4.69) is 32.9 Å². The van der Waals surface area contributed by atoms with E-state index in [0.29, 0.717) is 37.7 Å². The van der Waals surface area contributed by atoms with Gasteiger partial charge in [0, 0.05) is 19.2 Å². The molecule has 1 fully saturated rings. The van der Waals surface area contributed by atoms with Crippen molar-refractivity contribution in [1.29, 1.82) is 0 Å². The summed E-state index contributed by atoms with van der Waals surface area (Å²) >= 11 is 0. The molecule has 2 aromatic carbocycles. The van der Waals surface area contributed by atoms with Crippen LogP contribution in [0.1, 0.15) is 34.7 Å². The highest BCUT2D eigenvalue weighted by atomic mass is 16.5. The maximum atomic E-state index is 12.8. The van der Waals surface area contributed by atoms with Crippen molar-refractivity contribution >= 4 is 16.9 Å². The summed E-state index contributed by atoms with van der Waals surface area (Å²) in [6.45, 7) is 4.22. The Morgan fingerprint density at radius 2 is 1.84 bits per heavy atom. The molecule has 5 rings (SSSR count). The number of imidazole rings is 1. The smallest absolute Gasteiger partial charge is 0.292 e. The number of para-hydroxylation sites is 2. The molecule has 0 N–H and O–H groups in total. The van der Waals surface area contributed by atoms with Gasteiger partial charge < -0.3 is 18.7 Å². The van der Waals surface area contributed by atoms with Gasteiger partial charge in [-0.05, 0) is 37.5 Å². The predicted molar refractivity (Wildman–Crippen MR) is 120 cm³/mol. The van der Waals surface area contributed by atoms with Gasteiger partial charge in [-0.25, -0.2) is 4.98 Å². The standard InChI is InChI=1S/C25H26N4O3/c1-19-15-23(32-27-19)24(30)28-13-11-25(12-14-28,31-16-20-7-3-2-4-8-20)17-29-18-26-21-9-5-6-10-22(21)29/h2-10,15,18H,11-14,16-17H2,1H3. The first kappa shape index (κ1) is 20.5. The number of nitrogens with zero attached hydrogens (tertiary/aromatic N) is 4. The van der Waals surface area contributed by atoms with Crippen LogP contribution in [0.15, 0.2) is 71.5 Å². The van der Waals surface area contributed by atoms with E-state index in [4.69, 9.17) is 9.26 Å². The fourth-order valence-electron chi connectivity index (χ4n) is 4.34. The van der Waals surface area contributed by atoms with Gasteiger partial charge in [0.15, 0.2) is 0 Å². The molecule has 0 aliphatic carbocycles. The maximum absolute atomic E-state index is 12.8. The molecule has 1 amide bonds. The molecular weight excluding hydrogens is 404 g/mol. The second-order valence-electron chi connectivity index (χ2n) is 8.44. The van der Waals surface area contributed by atoms with Crippen molar-refractivity contribution in [2.24, 2.45) is 0 Å². The summed E-state index contributed by atoms with van der Waals surface area (Å²) in [6.07, 6.45) is 3.34. The Morgan fingerprint density at radius 3 is 2.59 bits per heavy atom. The number of aryl methyl sites for hydroxylation is 1. The number of piperidine rings is 1. The maximum Gasteiger partial charge on any atom is 0.292 e. The second kappa shape index (κ2) is 8.59. The van der Waals surface area contributed by atoms with E-state index in [1.165, 1.54) is 0 Å². The fraction of sp³-hybridized carbons (Fsp3) is 0.320. The first-order valence-electron chi connectivity index (χ1n) is 10.9. The topological polar surface area (TPSA) is 73.4 Å². The quantitative estimate of drug-likeness (QED) is 0.458. The van der Waals surface area contributed by atoms with Gasteiger partial charge in [0.1, 0.15) is 0 Å². The van der Waals surface area contributed by atoms with E-state index in [1.54, 1.807) is 6.07 Å². The van der Waals surface area contributed by atoms with Crippen LogP contribution in [0.2, 0.25) is 0 Å². The van der Waals surface area contributed by atoms with Crippen molar-refractivity contribution in [2.75, 3.05) is 13.1 Å².